The lowest BCUT2D eigenvalue weighted by Gasteiger charge is -2.34. The van der Waals surface area contributed by atoms with E-state index in [9.17, 15) is 4.39 Å². The summed E-state index contributed by atoms with van der Waals surface area (Å²) in [7, 11) is 3.88. The van der Waals surface area contributed by atoms with Crippen molar-refractivity contribution in [1.29, 1.82) is 0 Å². The maximum atomic E-state index is 14.8. The van der Waals surface area contributed by atoms with Crippen molar-refractivity contribution >= 4 is 22.5 Å². The van der Waals surface area contributed by atoms with E-state index < -0.39 is 0 Å². The lowest BCUT2D eigenvalue weighted by atomic mass is 10.1. The predicted octanol–water partition coefficient (Wildman–Crippen LogP) is 2.62. The van der Waals surface area contributed by atoms with E-state index in [4.69, 9.17) is 0 Å². The van der Waals surface area contributed by atoms with Crippen molar-refractivity contribution < 1.29 is 4.39 Å². The zero-order valence-electron chi connectivity index (χ0n) is 14.9. The van der Waals surface area contributed by atoms with Gasteiger partial charge in [0, 0.05) is 51.2 Å². The first kappa shape index (κ1) is 16.7. The first-order chi connectivity index (χ1) is 12.7. The van der Waals surface area contributed by atoms with Gasteiger partial charge in [-0.1, -0.05) is 6.07 Å². The van der Waals surface area contributed by atoms with Gasteiger partial charge in [-0.05, 0) is 25.2 Å². The monoisotopic (exact) mass is 352 g/mol. The van der Waals surface area contributed by atoms with Crippen LogP contribution in [0.3, 0.4) is 0 Å². The molecule has 1 saturated heterocycles. The second-order valence-electron chi connectivity index (χ2n) is 6.49. The molecule has 134 valence electrons. The highest BCUT2D eigenvalue weighted by atomic mass is 19.1. The van der Waals surface area contributed by atoms with Crippen LogP contribution in [0.5, 0.6) is 0 Å². The molecule has 4 rings (SSSR count). The summed E-state index contributed by atoms with van der Waals surface area (Å²) in [5, 5.41) is 3.04. The quantitative estimate of drug-likeness (QED) is 0.782. The van der Waals surface area contributed by atoms with Gasteiger partial charge in [-0.2, -0.15) is 0 Å². The summed E-state index contributed by atoms with van der Waals surface area (Å²) < 4.78 is 14.8. The number of rotatable bonds is 3. The van der Waals surface area contributed by atoms with Gasteiger partial charge in [0.15, 0.2) is 5.82 Å². The van der Waals surface area contributed by atoms with Crippen LogP contribution in [0, 0.1) is 5.82 Å². The third-order valence-corrected chi connectivity index (χ3v) is 4.78. The fraction of sp³-hybridized carbons (Fsp3) is 0.316. The Morgan fingerprint density at radius 1 is 1.04 bits per heavy atom. The maximum absolute atomic E-state index is 14.8. The molecule has 0 bridgehead atoms. The Morgan fingerprint density at radius 2 is 1.81 bits per heavy atom. The van der Waals surface area contributed by atoms with E-state index in [1.807, 2.05) is 18.2 Å². The van der Waals surface area contributed by atoms with E-state index in [1.54, 1.807) is 25.5 Å². The van der Waals surface area contributed by atoms with Gasteiger partial charge in [-0.15, -0.1) is 0 Å². The lowest BCUT2D eigenvalue weighted by Crippen LogP contribution is -2.44. The molecule has 0 atom stereocenters. The number of hydrogen-bond donors (Lipinski definition) is 1. The topological polar surface area (TPSA) is 57.2 Å². The van der Waals surface area contributed by atoms with E-state index >= 15 is 0 Å². The van der Waals surface area contributed by atoms with Gasteiger partial charge in [0.2, 0.25) is 0 Å². The Labute approximate surface area is 151 Å². The lowest BCUT2D eigenvalue weighted by molar-refractivity contribution is 0.311. The van der Waals surface area contributed by atoms with Crippen molar-refractivity contribution in [2.75, 3.05) is 50.5 Å². The molecule has 0 aliphatic carbocycles. The van der Waals surface area contributed by atoms with Gasteiger partial charge in [0.1, 0.15) is 11.3 Å². The number of piperazine rings is 1. The predicted molar refractivity (Wildman–Crippen MR) is 102 cm³/mol. The van der Waals surface area contributed by atoms with Gasteiger partial charge in [-0.3, -0.25) is 4.98 Å². The number of pyridine rings is 1. The van der Waals surface area contributed by atoms with Crippen LogP contribution in [-0.4, -0.2) is 60.1 Å². The Hall–Kier alpha value is -2.80. The molecule has 0 spiro atoms. The van der Waals surface area contributed by atoms with E-state index in [0.717, 1.165) is 37.3 Å². The molecule has 1 N–H and O–H groups in total. The number of nitrogens with one attached hydrogen (secondary N) is 1. The maximum Gasteiger partial charge on any atom is 0.154 e. The van der Waals surface area contributed by atoms with E-state index in [0.29, 0.717) is 22.7 Å². The van der Waals surface area contributed by atoms with Gasteiger partial charge >= 0.3 is 0 Å². The number of benzene rings is 1. The average molecular weight is 352 g/mol. The number of hydrogen-bond acceptors (Lipinski definition) is 6. The summed E-state index contributed by atoms with van der Waals surface area (Å²) in [5.74, 6) is 0.410. The van der Waals surface area contributed by atoms with Gasteiger partial charge < -0.3 is 15.1 Å². The summed E-state index contributed by atoms with van der Waals surface area (Å²) in [6.07, 6.45) is 3.28. The first-order valence-corrected chi connectivity index (χ1v) is 8.68. The van der Waals surface area contributed by atoms with E-state index in [-0.39, 0.29) is 5.82 Å². The first-order valence-electron chi connectivity index (χ1n) is 8.68. The number of nitrogens with zero attached hydrogens (tertiary/aromatic N) is 5. The van der Waals surface area contributed by atoms with E-state index in [2.05, 4.69) is 37.1 Å². The van der Waals surface area contributed by atoms with Crippen molar-refractivity contribution in [3.8, 4) is 11.3 Å². The van der Waals surface area contributed by atoms with Crippen molar-refractivity contribution in [2.45, 2.75) is 0 Å². The molecule has 26 heavy (non-hydrogen) atoms. The number of anilines is 2. The minimum atomic E-state index is -0.223. The van der Waals surface area contributed by atoms with Crippen LogP contribution in [0.25, 0.3) is 22.3 Å². The van der Waals surface area contributed by atoms with Crippen LogP contribution >= 0.6 is 0 Å². The molecule has 1 aliphatic rings. The molecule has 0 radical (unpaired) electrons. The highest BCUT2D eigenvalue weighted by Crippen LogP contribution is 2.29. The Bertz CT molecular complexity index is 936. The fourth-order valence-electron chi connectivity index (χ4n) is 3.26. The molecule has 1 aromatic carbocycles. The number of halogens is 1. The van der Waals surface area contributed by atoms with Crippen LogP contribution < -0.4 is 10.2 Å². The normalized spacial score (nSPS) is 15.4. The van der Waals surface area contributed by atoms with Gasteiger partial charge in [-0.25, -0.2) is 14.4 Å². The molecule has 1 fully saturated rings. The van der Waals surface area contributed by atoms with Gasteiger partial charge in [0.05, 0.1) is 16.9 Å². The smallest absolute Gasteiger partial charge is 0.154 e. The van der Waals surface area contributed by atoms with Crippen LogP contribution in [0.1, 0.15) is 0 Å². The van der Waals surface area contributed by atoms with Crippen LogP contribution in [-0.2, 0) is 0 Å². The average Bonchev–Trinajstić information content (AvgIpc) is 2.68. The van der Waals surface area contributed by atoms with E-state index in [1.165, 1.54) is 0 Å². The summed E-state index contributed by atoms with van der Waals surface area (Å²) >= 11 is 0. The zero-order valence-corrected chi connectivity index (χ0v) is 14.9. The van der Waals surface area contributed by atoms with Crippen LogP contribution in [0.2, 0.25) is 0 Å². The largest absolute Gasteiger partial charge is 0.371 e. The summed E-state index contributed by atoms with van der Waals surface area (Å²) in [4.78, 5) is 17.6. The molecule has 0 amide bonds. The zero-order chi connectivity index (χ0) is 18.1. The second kappa shape index (κ2) is 6.84. The van der Waals surface area contributed by atoms with Crippen molar-refractivity contribution in [1.82, 2.24) is 19.9 Å². The third-order valence-electron chi connectivity index (χ3n) is 4.78. The minimum absolute atomic E-state index is 0.223. The van der Waals surface area contributed by atoms with Gasteiger partial charge in [0.25, 0.3) is 0 Å². The molecule has 2 aromatic heterocycles. The van der Waals surface area contributed by atoms with Crippen molar-refractivity contribution in [3.63, 3.8) is 0 Å². The molecule has 7 heteroatoms. The molecule has 0 unspecified atom stereocenters. The fourth-order valence-corrected chi connectivity index (χ4v) is 3.26. The second-order valence-corrected chi connectivity index (χ2v) is 6.49. The molecular formula is C19H21FN6. The Balaban J connectivity index is 1.70. The SMILES string of the molecule is CNc1nc(-c2ccc(N3CCN(C)CC3)c(F)c2)cc2nccnc12. The molecular weight excluding hydrogens is 331 g/mol. The minimum Gasteiger partial charge on any atom is -0.371 e. The summed E-state index contributed by atoms with van der Waals surface area (Å²) in [6.45, 7) is 3.55. The van der Waals surface area contributed by atoms with Crippen molar-refractivity contribution in [2.24, 2.45) is 0 Å². The third kappa shape index (κ3) is 3.06. The summed E-state index contributed by atoms with van der Waals surface area (Å²) in [5.41, 5.74) is 3.48. The standard InChI is InChI=1S/C19H21FN6/c1-21-19-18-16(22-5-6-23-18)12-15(24-19)13-3-4-17(14(20)11-13)26-9-7-25(2)8-10-26/h3-6,11-12H,7-10H2,1-2H3,(H,21,24). The molecule has 0 saturated carbocycles. The molecule has 6 nitrogen and oxygen atoms in total. The van der Waals surface area contributed by atoms with Crippen molar-refractivity contribution in [3.05, 3.63) is 42.5 Å². The highest BCUT2D eigenvalue weighted by molar-refractivity contribution is 5.88. The molecule has 3 aromatic rings. The number of likely N-dealkylation sites (N-methyl/N-ethyl adjacent to an activating group) is 1. The highest BCUT2D eigenvalue weighted by Gasteiger charge is 2.18. The van der Waals surface area contributed by atoms with Crippen LogP contribution in [0.15, 0.2) is 36.7 Å². The summed E-state index contributed by atoms with van der Waals surface area (Å²) in [6, 6.07) is 7.16. The number of aromatic nitrogens is 3. The van der Waals surface area contributed by atoms with Crippen LogP contribution in [0.4, 0.5) is 15.9 Å². The number of fused-ring (bicyclic) bond motifs is 1. The molecule has 1 aliphatic heterocycles. The Kier molecular flexibility index (Phi) is 4.38. The molecule has 3 heterocycles. The Morgan fingerprint density at radius 3 is 2.54 bits per heavy atom.